The van der Waals surface area contributed by atoms with E-state index in [0.717, 1.165) is 0 Å². The van der Waals surface area contributed by atoms with Gasteiger partial charge in [-0.3, -0.25) is 0 Å². The van der Waals surface area contributed by atoms with Crippen LogP contribution < -0.4 is 0 Å². The lowest BCUT2D eigenvalue weighted by atomic mass is 10.2. The van der Waals surface area contributed by atoms with Crippen molar-refractivity contribution in [2.75, 3.05) is 46.0 Å². The molecule has 0 spiro atoms. The highest BCUT2D eigenvalue weighted by molar-refractivity contribution is 7.99. The smallest absolute Gasteiger partial charge is 0.00676 e. The fraction of sp³-hybridized carbons (Fsp3) is 1.00. The molecule has 0 aromatic carbocycles. The van der Waals surface area contributed by atoms with E-state index in [9.17, 15) is 0 Å². The van der Waals surface area contributed by atoms with E-state index in [1.54, 1.807) is 0 Å². The zero-order chi connectivity index (χ0) is 30.6. The van der Waals surface area contributed by atoms with Crippen LogP contribution in [0.15, 0.2) is 0 Å². The number of unbranched alkanes of at least 4 members (excludes halogenated alkanes) is 16. The normalized spacial score (nSPS) is 10.2. The van der Waals surface area contributed by atoms with E-state index >= 15 is 0 Å². The minimum Gasteiger partial charge on any atom is -0.162 e. The fourth-order valence-electron chi connectivity index (χ4n) is 3.81. The largest absolute Gasteiger partial charge is 0.162 e. The minimum atomic E-state index is 1.29. The van der Waals surface area contributed by atoms with Gasteiger partial charge in [0.05, 0.1) is 0 Å². The number of hydrogen-bond donors (Lipinski definition) is 0. The molecule has 4 heteroatoms. The van der Waals surface area contributed by atoms with Gasteiger partial charge >= 0.3 is 0 Å². The molecule has 0 nitrogen and oxygen atoms in total. The molecule has 0 aliphatic heterocycles. The lowest BCUT2D eigenvalue weighted by Gasteiger charge is -1.97. The first-order valence-corrected chi connectivity index (χ1v) is 22.6. The molecule has 0 radical (unpaired) electrons. The van der Waals surface area contributed by atoms with Gasteiger partial charge in [-0.15, -0.1) is 0 Å². The van der Waals surface area contributed by atoms with Crippen molar-refractivity contribution >= 4 is 47.0 Å². The molecule has 0 atom stereocenters. The van der Waals surface area contributed by atoms with Crippen molar-refractivity contribution in [2.24, 2.45) is 0 Å². The Labute approximate surface area is 275 Å². The van der Waals surface area contributed by atoms with Gasteiger partial charge in [0.2, 0.25) is 0 Å². The lowest BCUT2D eigenvalue weighted by Crippen LogP contribution is -1.81. The third-order valence-electron chi connectivity index (χ3n) is 6.39. The predicted molar refractivity (Wildman–Crippen MR) is 207 cm³/mol. The van der Waals surface area contributed by atoms with E-state index in [0.29, 0.717) is 0 Å². The Bertz CT molecular complexity index is 243. The first-order chi connectivity index (χ1) is 19.7. The zero-order valence-electron chi connectivity index (χ0n) is 29.4. The summed E-state index contributed by atoms with van der Waals surface area (Å²) in [6.07, 6.45) is 28.4. The Morgan fingerprint density at radius 1 is 0.225 bits per heavy atom. The number of thioether (sulfide) groups is 4. The SMILES string of the molecule is CCCCCCCSCC.CCCCCCCSCC.CCCCCCCSCC.CCCCCCCSCC. The summed E-state index contributed by atoms with van der Waals surface area (Å²) in [4.78, 5) is 0. The Kier molecular flexibility index (Phi) is 67.9. The highest BCUT2D eigenvalue weighted by Gasteiger charge is 1.90. The van der Waals surface area contributed by atoms with Gasteiger partial charge in [0.15, 0.2) is 0 Å². The summed E-state index contributed by atoms with van der Waals surface area (Å²) in [5.41, 5.74) is 0. The maximum Gasteiger partial charge on any atom is -0.00676 e. The third kappa shape index (κ3) is 67.2. The standard InChI is InChI=1S/4C9H20S/c4*1-3-5-6-7-8-9-10-4-2/h4*3-9H2,1-2H3. The quantitative estimate of drug-likeness (QED) is 0.0780. The first kappa shape index (κ1) is 48.3. The van der Waals surface area contributed by atoms with Crippen molar-refractivity contribution < 1.29 is 0 Å². The van der Waals surface area contributed by atoms with Gasteiger partial charge in [0.1, 0.15) is 0 Å². The van der Waals surface area contributed by atoms with E-state index in [-0.39, 0.29) is 0 Å². The molecule has 0 fully saturated rings. The van der Waals surface area contributed by atoms with Crippen molar-refractivity contribution in [3.63, 3.8) is 0 Å². The second-order valence-corrected chi connectivity index (χ2v) is 16.0. The fourth-order valence-corrected chi connectivity index (χ4v) is 6.60. The van der Waals surface area contributed by atoms with E-state index < -0.39 is 0 Å². The zero-order valence-corrected chi connectivity index (χ0v) is 32.7. The molecular weight excluding hydrogens is 561 g/mol. The van der Waals surface area contributed by atoms with Crippen LogP contribution in [-0.4, -0.2) is 46.0 Å². The van der Waals surface area contributed by atoms with Crippen LogP contribution in [-0.2, 0) is 0 Å². The second kappa shape index (κ2) is 56.2. The highest BCUT2D eigenvalue weighted by Crippen LogP contribution is 2.10. The van der Waals surface area contributed by atoms with Crippen LogP contribution in [0.1, 0.15) is 184 Å². The van der Waals surface area contributed by atoms with Crippen LogP contribution in [0.25, 0.3) is 0 Å². The van der Waals surface area contributed by atoms with E-state index in [2.05, 4.69) is 102 Å². The van der Waals surface area contributed by atoms with Crippen molar-refractivity contribution in [1.29, 1.82) is 0 Å². The Morgan fingerprint density at radius 2 is 0.400 bits per heavy atom. The summed E-state index contributed by atoms with van der Waals surface area (Å²) >= 11 is 8.26. The van der Waals surface area contributed by atoms with Gasteiger partial charge in [-0.2, -0.15) is 47.0 Å². The number of hydrogen-bond acceptors (Lipinski definition) is 4. The van der Waals surface area contributed by atoms with Crippen molar-refractivity contribution in [3.8, 4) is 0 Å². The molecule has 248 valence electrons. The van der Waals surface area contributed by atoms with Gasteiger partial charge in [0.25, 0.3) is 0 Å². The van der Waals surface area contributed by atoms with Crippen LogP contribution >= 0.6 is 47.0 Å². The molecule has 0 N–H and O–H groups in total. The monoisotopic (exact) mass is 641 g/mol. The molecule has 0 bridgehead atoms. The average Bonchev–Trinajstić information content (AvgIpc) is 2.97. The van der Waals surface area contributed by atoms with Crippen LogP contribution in [0.5, 0.6) is 0 Å². The molecule has 0 unspecified atom stereocenters. The van der Waals surface area contributed by atoms with Gasteiger partial charge in [-0.05, 0) is 71.7 Å². The molecule has 0 aliphatic rings. The molecule has 0 aromatic rings. The summed E-state index contributed by atoms with van der Waals surface area (Å²) in [6.45, 7) is 18.0. The summed E-state index contributed by atoms with van der Waals surface area (Å²) in [7, 11) is 0. The molecule has 0 aromatic heterocycles. The van der Waals surface area contributed by atoms with Crippen LogP contribution in [0.3, 0.4) is 0 Å². The molecule has 0 aliphatic carbocycles. The van der Waals surface area contributed by atoms with Gasteiger partial charge in [-0.25, -0.2) is 0 Å². The lowest BCUT2D eigenvalue weighted by molar-refractivity contribution is 0.659. The average molecular weight is 641 g/mol. The Morgan fingerprint density at radius 3 is 0.550 bits per heavy atom. The Hall–Kier alpha value is 1.40. The van der Waals surface area contributed by atoms with Gasteiger partial charge in [-0.1, -0.05) is 158 Å². The van der Waals surface area contributed by atoms with E-state index in [1.807, 2.05) is 0 Å². The molecule has 0 heterocycles. The summed E-state index contributed by atoms with van der Waals surface area (Å²) in [5, 5.41) is 0. The Balaban J connectivity index is -0.000000216. The van der Waals surface area contributed by atoms with Crippen molar-refractivity contribution in [3.05, 3.63) is 0 Å². The predicted octanol–water partition coefficient (Wildman–Crippen LogP) is 14.8. The molecule has 0 saturated carbocycles. The molecule has 0 amide bonds. The summed E-state index contributed by atoms with van der Waals surface area (Å²) in [5.74, 6) is 10.6. The summed E-state index contributed by atoms with van der Waals surface area (Å²) in [6, 6.07) is 0. The maximum atomic E-state index is 2.26. The number of rotatable bonds is 28. The van der Waals surface area contributed by atoms with Crippen LogP contribution in [0, 0.1) is 0 Å². The molecule has 0 rings (SSSR count). The third-order valence-corrected chi connectivity index (χ3v) is 10.3. The van der Waals surface area contributed by atoms with Crippen molar-refractivity contribution in [2.45, 2.75) is 184 Å². The maximum absolute atomic E-state index is 2.26. The van der Waals surface area contributed by atoms with Gasteiger partial charge in [0, 0.05) is 0 Å². The highest BCUT2D eigenvalue weighted by atomic mass is 32.2. The second-order valence-electron chi connectivity index (χ2n) is 10.4. The first-order valence-electron chi connectivity index (χ1n) is 18.0. The van der Waals surface area contributed by atoms with Crippen LogP contribution in [0.2, 0.25) is 0 Å². The molecular formula is C36H80S4. The van der Waals surface area contributed by atoms with Crippen molar-refractivity contribution in [1.82, 2.24) is 0 Å². The minimum absolute atomic E-state index is 1.29. The topological polar surface area (TPSA) is 0 Å². The van der Waals surface area contributed by atoms with E-state index in [4.69, 9.17) is 0 Å². The molecule has 0 saturated heterocycles. The summed E-state index contributed by atoms with van der Waals surface area (Å²) < 4.78 is 0. The van der Waals surface area contributed by atoms with Crippen LogP contribution in [0.4, 0.5) is 0 Å². The molecule has 40 heavy (non-hydrogen) atoms. The van der Waals surface area contributed by atoms with E-state index in [1.165, 1.54) is 174 Å². The van der Waals surface area contributed by atoms with Gasteiger partial charge < -0.3 is 0 Å².